The Kier molecular flexibility index (Phi) is 5.23. The molecule has 7 heteroatoms. The second-order valence-corrected chi connectivity index (χ2v) is 5.72. The molecule has 2 amide bonds. The number of carbonyl (C=O) groups excluding carboxylic acids is 1. The maximum atomic E-state index is 12.5. The van der Waals surface area contributed by atoms with Gasteiger partial charge in [-0.3, -0.25) is 4.90 Å². The second-order valence-electron chi connectivity index (χ2n) is 5.72. The van der Waals surface area contributed by atoms with Gasteiger partial charge in [0.05, 0.1) is 39.2 Å². The Morgan fingerprint density at radius 3 is 2.52 bits per heavy atom. The minimum absolute atomic E-state index is 0.125. The fourth-order valence-corrected chi connectivity index (χ4v) is 2.83. The van der Waals surface area contributed by atoms with Gasteiger partial charge >= 0.3 is 6.03 Å². The van der Waals surface area contributed by atoms with E-state index in [1.807, 2.05) is 29.3 Å². The zero-order valence-electron chi connectivity index (χ0n) is 14.5. The molecule has 1 saturated heterocycles. The van der Waals surface area contributed by atoms with Crippen molar-refractivity contribution in [3.8, 4) is 11.5 Å². The van der Waals surface area contributed by atoms with E-state index >= 15 is 0 Å². The van der Waals surface area contributed by atoms with E-state index in [9.17, 15) is 4.79 Å². The minimum atomic E-state index is -0.125. The van der Waals surface area contributed by atoms with Crippen LogP contribution in [-0.4, -0.2) is 51.3 Å². The lowest BCUT2D eigenvalue weighted by molar-refractivity contribution is -0.364. The summed E-state index contributed by atoms with van der Waals surface area (Å²) in [6.45, 7) is 2.89. The summed E-state index contributed by atoms with van der Waals surface area (Å²) in [5.74, 6) is 2.33. The first kappa shape index (κ1) is 16.9. The Morgan fingerprint density at radius 1 is 1.08 bits per heavy atom. The molecule has 1 aromatic carbocycles. The summed E-state index contributed by atoms with van der Waals surface area (Å²) in [6.07, 6.45) is 1.91. The van der Waals surface area contributed by atoms with Crippen LogP contribution in [0.5, 0.6) is 11.5 Å². The van der Waals surface area contributed by atoms with Gasteiger partial charge in [-0.05, 0) is 18.2 Å². The quantitative estimate of drug-likeness (QED) is 0.920. The van der Waals surface area contributed by atoms with Crippen LogP contribution in [0.25, 0.3) is 0 Å². The number of aromatic amines is 1. The lowest BCUT2D eigenvalue weighted by Gasteiger charge is -2.31. The van der Waals surface area contributed by atoms with Crippen molar-refractivity contribution in [1.29, 1.82) is 0 Å². The maximum absolute atomic E-state index is 12.5. The Morgan fingerprint density at radius 2 is 1.88 bits per heavy atom. The number of nitrogens with one attached hydrogen (secondary N) is 2. The van der Waals surface area contributed by atoms with Crippen molar-refractivity contribution in [1.82, 2.24) is 4.90 Å². The molecule has 2 heterocycles. The van der Waals surface area contributed by atoms with E-state index in [1.165, 1.54) is 0 Å². The van der Waals surface area contributed by atoms with Crippen LogP contribution in [0.3, 0.4) is 0 Å². The number of piperazine rings is 1. The normalized spacial score (nSPS) is 14.2. The van der Waals surface area contributed by atoms with Crippen LogP contribution in [0.15, 0.2) is 42.6 Å². The van der Waals surface area contributed by atoms with E-state index in [1.54, 1.807) is 32.4 Å². The van der Waals surface area contributed by atoms with Crippen molar-refractivity contribution in [2.45, 2.75) is 0 Å². The number of pyridine rings is 1. The third-order valence-electron chi connectivity index (χ3n) is 4.25. The summed E-state index contributed by atoms with van der Waals surface area (Å²) >= 11 is 0. The molecule has 25 heavy (non-hydrogen) atoms. The average molecular weight is 343 g/mol. The number of nitrogens with zero attached hydrogens (tertiary/aromatic N) is 2. The summed E-state index contributed by atoms with van der Waals surface area (Å²) < 4.78 is 10.5. The third kappa shape index (κ3) is 3.93. The van der Waals surface area contributed by atoms with Gasteiger partial charge in [0.1, 0.15) is 24.6 Å². The van der Waals surface area contributed by atoms with Gasteiger partial charge in [-0.25, -0.2) is 9.78 Å². The molecule has 0 atom stereocenters. The molecule has 2 aromatic rings. The number of rotatable bonds is 4. The molecule has 1 aliphatic heterocycles. The predicted molar refractivity (Wildman–Crippen MR) is 95.3 cm³/mol. The van der Waals surface area contributed by atoms with Crippen LogP contribution in [0.2, 0.25) is 0 Å². The number of amides is 2. The summed E-state index contributed by atoms with van der Waals surface area (Å²) in [5.41, 5.74) is 0.632. The molecule has 1 fully saturated rings. The number of anilines is 2. The van der Waals surface area contributed by atoms with E-state index in [2.05, 4.69) is 15.2 Å². The number of urea groups is 1. The monoisotopic (exact) mass is 343 g/mol. The van der Waals surface area contributed by atoms with Crippen molar-refractivity contribution in [2.24, 2.45) is 0 Å². The molecule has 0 saturated carbocycles. The van der Waals surface area contributed by atoms with Crippen molar-refractivity contribution in [3.05, 3.63) is 42.6 Å². The molecule has 1 aliphatic rings. The molecule has 1 aromatic heterocycles. The topological polar surface area (TPSA) is 68.2 Å². The van der Waals surface area contributed by atoms with E-state index in [-0.39, 0.29) is 6.03 Å². The van der Waals surface area contributed by atoms with Gasteiger partial charge in [0.15, 0.2) is 0 Å². The summed E-state index contributed by atoms with van der Waals surface area (Å²) in [5, 5.41) is 2.92. The number of hydrogen-bond acceptors (Lipinski definition) is 4. The molecule has 7 nitrogen and oxygen atoms in total. The van der Waals surface area contributed by atoms with Gasteiger partial charge in [0.25, 0.3) is 5.82 Å². The molecule has 0 bridgehead atoms. The number of methoxy groups -OCH3 is 2. The van der Waals surface area contributed by atoms with Crippen LogP contribution in [0.1, 0.15) is 0 Å². The number of benzene rings is 1. The highest BCUT2D eigenvalue weighted by Gasteiger charge is 2.26. The van der Waals surface area contributed by atoms with Crippen LogP contribution in [0, 0.1) is 0 Å². The largest absolute Gasteiger partial charge is 0.497 e. The van der Waals surface area contributed by atoms with Crippen LogP contribution in [0.4, 0.5) is 16.3 Å². The molecule has 0 unspecified atom stereocenters. The van der Waals surface area contributed by atoms with Crippen molar-refractivity contribution < 1.29 is 19.3 Å². The highest BCUT2D eigenvalue weighted by atomic mass is 16.5. The van der Waals surface area contributed by atoms with Gasteiger partial charge in [-0.15, -0.1) is 0 Å². The molecular formula is C18H23N4O3+. The Bertz CT molecular complexity index is 716. The summed E-state index contributed by atoms with van der Waals surface area (Å²) in [4.78, 5) is 19.8. The van der Waals surface area contributed by atoms with E-state index < -0.39 is 0 Å². The molecule has 2 N–H and O–H groups in total. The molecule has 3 rings (SSSR count). The van der Waals surface area contributed by atoms with Gasteiger partial charge in [0.2, 0.25) is 0 Å². The van der Waals surface area contributed by atoms with E-state index in [4.69, 9.17) is 9.47 Å². The lowest BCUT2D eigenvalue weighted by Crippen LogP contribution is -2.51. The number of H-pyrrole nitrogens is 1. The Balaban J connectivity index is 1.60. The number of carbonyl (C=O) groups is 1. The minimum Gasteiger partial charge on any atom is -0.497 e. The van der Waals surface area contributed by atoms with Crippen LogP contribution < -0.4 is 24.7 Å². The molecule has 132 valence electrons. The third-order valence-corrected chi connectivity index (χ3v) is 4.25. The highest BCUT2D eigenvalue weighted by Crippen LogP contribution is 2.29. The van der Waals surface area contributed by atoms with E-state index in [0.717, 1.165) is 18.9 Å². The first-order valence-corrected chi connectivity index (χ1v) is 8.21. The van der Waals surface area contributed by atoms with Gasteiger partial charge < -0.3 is 19.7 Å². The van der Waals surface area contributed by atoms with Crippen molar-refractivity contribution in [2.75, 3.05) is 50.6 Å². The van der Waals surface area contributed by atoms with Crippen molar-refractivity contribution in [3.63, 3.8) is 0 Å². The fourth-order valence-electron chi connectivity index (χ4n) is 2.83. The van der Waals surface area contributed by atoms with Gasteiger partial charge in [-0.2, -0.15) is 0 Å². The Hall–Kier alpha value is -2.96. The highest BCUT2D eigenvalue weighted by molar-refractivity contribution is 5.91. The predicted octanol–water partition coefficient (Wildman–Crippen LogP) is 1.87. The number of ether oxygens (including phenoxy) is 2. The fraction of sp³-hybridized carbons (Fsp3) is 0.333. The van der Waals surface area contributed by atoms with Crippen LogP contribution in [-0.2, 0) is 0 Å². The number of aromatic nitrogens is 1. The molecule has 0 spiro atoms. The van der Waals surface area contributed by atoms with Gasteiger partial charge in [0, 0.05) is 12.1 Å². The van der Waals surface area contributed by atoms with Crippen LogP contribution >= 0.6 is 0 Å². The van der Waals surface area contributed by atoms with E-state index in [0.29, 0.717) is 30.3 Å². The second kappa shape index (κ2) is 7.74. The van der Waals surface area contributed by atoms with Gasteiger partial charge in [-0.1, -0.05) is 6.07 Å². The first-order chi connectivity index (χ1) is 12.2. The maximum Gasteiger partial charge on any atom is 0.322 e. The van der Waals surface area contributed by atoms with Crippen molar-refractivity contribution >= 4 is 17.5 Å². The standard InChI is InChI=1S/C18H22N4O3/c1-24-14-6-7-15(16(13-14)25-2)20-18(23)22-11-9-21(10-12-22)17-5-3-4-8-19-17/h3-8,13H,9-12H2,1-2H3,(H,20,23)/p+1. The number of hydrogen-bond donors (Lipinski definition) is 1. The molecule has 0 aliphatic carbocycles. The zero-order valence-corrected chi connectivity index (χ0v) is 14.5. The SMILES string of the molecule is COc1ccc(NC(=O)N2CCN(c3cccc[nH+]3)CC2)c(OC)c1. The molecule has 0 radical (unpaired) electrons. The smallest absolute Gasteiger partial charge is 0.322 e. The summed E-state index contributed by atoms with van der Waals surface area (Å²) in [7, 11) is 3.16. The molecular weight excluding hydrogens is 320 g/mol. The summed E-state index contributed by atoms with van der Waals surface area (Å²) in [6, 6.07) is 11.2. The Labute approximate surface area is 147 Å². The first-order valence-electron chi connectivity index (χ1n) is 8.21. The average Bonchev–Trinajstić information content (AvgIpc) is 2.69. The zero-order chi connectivity index (χ0) is 17.6. The lowest BCUT2D eigenvalue weighted by atomic mass is 10.2.